The van der Waals surface area contributed by atoms with Crippen LogP contribution in [0.5, 0.6) is 0 Å². The van der Waals surface area contributed by atoms with Gasteiger partial charge >= 0.3 is 7.82 Å². The Hall–Kier alpha value is -1.48. The number of phosphoric acid groups is 1. The Morgan fingerprint density at radius 3 is 2.62 bits per heavy atom. The Bertz CT molecular complexity index is 822. The predicted octanol–water partition coefficient (Wildman–Crippen LogP) is 2.77. The molecule has 0 aliphatic heterocycles. The lowest BCUT2D eigenvalue weighted by atomic mass is 10.2. The summed E-state index contributed by atoms with van der Waals surface area (Å²) in [7, 11) is -4.74. The van der Waals surface area contributed by atoms with Crippen LogP contribution in [0, 0.1) is 6.92 Å². The van der Waals surface area contributed by atoms with Crippen LogP contribution in [0.15, 0.2) is 18.2 Å². The zero-order valence-corrected chi connectivity index (χ0v) is 14.9. The standard InChI is InChI=1S/C12H13Cl2N4O5P/c1-6-3-4-9(8(13)5-6)15-12(19)10-11(14)17-18(16-10)7(2)23-24(20,21)22/h3-5,7H,1-2H3,(H,15,19)(H2,20,21,22). The first kappa shape index (κ1) is 18.9. The number of hydrogen-bond donors (Lipinski definition) is 3. The highest BCUT2D eigenvalue weighted by molar-refractivity contribution is 7.46. The summed E-state index contributed by atoms with van der Waals surface area (Å²) in [5, 5.41) is 10.1. The van der Waals surface area contributed by atoms with Crippen molar-refractivity contribution in [3.8, 4) is 0 Å². The summed E-state index contributed by atoms with van der Waals surface area (Å²) < 4.78 is 15.2. The summed E-state index contributed by atoms with van der Waals surface area (Å²) in [6.07, 6.45) is -1.23. The number of aryl methyl sites for hydroxylation is 1. The van der Waals surface area contributed by atoms with Crippen molar-refractivity contribution in [3.05, 3.63) is 39.6 Å². The molecule has 0 radical (unpaired) electrons. The first-order chi connectivity index (χ1) is 11.1. The molecule has 1 aromatic heterocycles. The first-order valence-corrected chi connectivity index (χ1v) is 8.79. The molecule has 0 saturated carbocycles. The summed E-state index contributed by atoms with van der Waals surface area (Å²) in [4.78, 5) is 30.6. The van der Waals surface area contributed by atoms with E-state index in [1.807, 2.05) is 6.92 Å². The van der Waals surface area contributed by atoms with Crippen LogP contribution in [0.2, 0.25) is 10.2 Å². The number of anilines is 1. The highest BCUT2D eigenvalue weighted by atomic mass is 35.5. The molecule has 0 bridgehead atoms. The molecular weight excluding hydrogens is 382 g/mol. The molecular formula is C12H13Cl2N4O5P. The van der Waals surface area contributed by atoms with Gasteiger partial charge in [0.2, 0.25) is 0 Å². The third-order valence-electron chi connectivity index (χ3n) is 2.79. The number of nitrogens with one attached hydrogen (secondary N) is 1. The van der Waals surface area contributed by atoms with Gasteiger partial charge in [-0.2, -0.15) is 4.80 Å². The number of aromatic nitrogens is 3. The molecule has 1 unspecified atom stereocenters. The molecule has 3 N–H and O–H groups in total. The number of nitrogens with zero attached hydrogens (tertiary/aromatic N) is 3. The Kier molecular flexibility index (Phi) is 5.64. The quantitative estimate of drug-likeness (QED) is 0.665. The summed E-state index contributed by atoms with van der Waals surface area (Å²) in [5.74, 6) is -0.680. The molecule has 1 aromatic carbocycles. The van der Waals surface area contributed by atoms with E-state index < -0.39 is 20.0 Å². The minimum Gasteiger partial charge on any atom is -0.319 e. The van der Waals surface area contributed by atoms with Gasteiger partial charge in [-0.25, -0.2) is 4.57 Å². The molecule has 1 amide bonds. The van der Waals surface area contributed by atoms with E-state index in [1.165, 1.54) is 6.92 Å². The lowest BCUT2D eigenvalue weighted by molar-refractivity contribution is 0.0764. The van der Waals surface area contributed by atoms with Crippen molar-refractivity contribution in [2.45, 2.75) is 20.1 Å². The highest BCUT2D eigenvalue weighted by Crippen LogP contribution is 2.40. The van der Waals surface area contributed by atoms with Crippen LogP contribution in [-0.4, -0.2) is 30.7 Å². The monoisotopic (exact) mass is 394 g/mol. The third kappa shape index (κ3) is 4.76. The molecule has 130 valence electrons. The van der Waals surface area contributed by atoms with E-state index in [-0.39, 0.29) is 10.8 Å². The topological polar surface area (TPSA) is 127 Å². The molecule has 9 nitrogen and oxygen atoms in total. The second kappa shape index (κ2) is 7.18. The van der Waals surface area contributed by atoms with Crippen molar-refractivity contribution in [2.24, 2.45) is 0 Å². The molecule has 1 atom stereocenters. The Morgan fingerprint density at radius 1 is 1.38 bits per heavy atom. The second-order valence-electron chi connectivity index (χ2n) is 4.79. The normalized spacial score (nSPS) is 12.9. The van der Waals surface area contributed by atoms with Crippen molar-refractivity contribution in [1.82, 2.24) is 15.0 Å². The number of carbonyl (C=O) groups excluding carboxylic acids is 1. The van der Waals surface area contributed by atoms with Crippen LogP contribution in [0.1, 0.15) is 29.2 Å². The van der Waals surface area contributed by atoms with Crippen molar-refractivity contribution >= 4 is 42.6 Å². The van der Waals surface area contributed by atoms with Gasteiger partial charge in [0.05, 0.1) is 10.7 Å². The fourth-order valence-electron chi connectivity index (χ4n) is 1.75. The van der Waals surface area contributed by atoms with Crippen molar-refractivity contribution < 1.29 is 23.7 Å². The van der Waals surface area contributed by atoms with Crippen LogP contribution >= 0.6 is 31.0 Å². The van der Waals surface area contributed by atoms with Gasteiger partial charge in [-0.05, 0) is 31.5 Å². The molecule has 0 saturated heterocycles. The number of phosphoric ester groups is 1. The number of halogens is 2. The Balaban J connectivity index is 2.20. The fraction of sp³-hybridized carbons (Fsp3) is 0.250. The lowest BCUT2D eigenvalue weighted by Gasteiger charge is -2.11. The maximum absolute atomic E-state index is 12.2. The van der Waals surface area contributed by atoms with E-state index in [9.17, 15) is 9.36 Å². The summed E-state index contributed by atoms with van der Waals surface area (Å²) in [6, 6.07) is 5.05. The van der Waals surface area contributed by atoms with Crippen molar-refractivity contribution in [3.63, 3.8) is 0 Å². The number of rotatable bonds is 5. The van der Waals surface area contributed by atoms with Crippen LogP contribution in [0.4, 0.5) is 5.69 Å². The molecule has 1 heterocycles. The fourth-order valence-corrected chi connectivity index (χ4v) is 2.71. The average Bonchev–Trinajstić information content (AvgIpc) is 2.82. The van der Waals surface area contributed by atoms with Crippen molar-refractivity contribution in [1.29, 1.82) is 0 Å². The van der Waals surface area contributed by atoms with Gasteiger partial charge in [0.1, 0.15) is 0 Å². The molecule has 2 aromatic rings. The molecule has 0 aliphatic carbocycles. The van der Waals surface area contributed by atoms with Crippen LogP contribution in [-0.2, 0) is 9.09 Å². The number of amides is 1. The van der Waals surface area contributed by atoms with Gasteiger partial charge in [-0.15, -0.1) is 10.2 Å². The van der Waals surface area contributed by atoms with Crippen molar-refractivity contribution in [2.75, 3.05) is 5.32 Å². The van der Waals surface area contributed by atoms with Crippen LogP contribution in [0.25, 0.3) is 0 Å². The second-order valence-corrected chi connectivity index (χ2v) is 6.75. The maximum atomic E-state index is 12.2. The number of carbonyl (C=O) groups is 1. The minimum absolute atomic E-state index is 0.241. The van der Waals surface area contributed by atoms with E-state index in [2.05, 4.69) is 20.0 Å². The third-order valence-corrected chi connectivity index (χ3v) is 3.94. The van der Waals surface area contributed by atoms with Gasteiger partial charge in [-0.1, -0.05) is 29.3 Å². The SMILES string of the molecule is Cc1ccc(NC(=O)c2nn(C(C)OP(=O)(O)O)nc2Cl)c(Cl)c1. The van der Waals surface area contributed by atoms with Gasteiger partial charge < -0.3 is 15.1 Å². The predicted molar refractivity (Wildman–Crippen MR) is 87.0 cm³/mol. The minimum atomic E-state index is -4.74. The summed E-state index contributed by atoms with van der Waals surface area (Å²) in [6.45, 7) is 3.14. The van der Waals surface area contributed by atoms with E-state index in [1.54, 1.807) is 18.2 Å². The van der Waals surface area contributed by atoms with Gasteiger partial charge in [0, 0.05) is 0 Å². The maximum Gasteiger partial charge on any atom is 0.471 e. The molecule has 0 aliphatic rings. The number of hydrogen-bond acceptors (Lipinski definition) is 5. The zero-order valence-electron chi connectivity index (χ0n) is 12.5. The Labute approximate surface area is 146 Å². The van der Waals surface area contributed by atoms with E-state index in [0.717, 1.165) is 10.4 Å². The smallest absolute Gasteiger partial charge is 0.319 e. The van der Waals surface area contributed by atoms with Gasteiger partial charge in [0.15, 0.2) is 17.1 Å². The molecule has 0 fully saturated rings. The molecule has 12 heteroatoms. The largest absolute Gasteiger partial charge is 0.471 e. The van der Waals surface area contributed by atoms with E-state index >= 15 is 0 Å². The first-order valence-electron chi connectivity index (χ1n) is 6.50. The average molecular weight is 395 g/mol. The van der Waals surface area contributed by atoms with Crippen LogP contribution < -0.4 is 5.32 Å². The molecule has 24 heavy (non-hydrogen) atoms. The molecule has 0 spiro atoms. The van der Waals surface area contributed by atoms with E-state index in [0.29, 0.717) is 10.7 Å². The lowest BCUT2D eigenvalue weighted by Crippen LogP contribution is -2.16. The Morgan fingerprint density at radius 2 is 2.04 bits per heavy atom. The van der Waals surface area contributed by atoms with Gasteiger partial charge in [-0.3, -0.25) is 9.32 Å². The zero-order chi connectivity index (χ0) is 18.1. The van der Waals surface area contributed by atoms with Crippen LogP contribution in [0.3, 0.4) is 0 Å². The highest BCUT2D eigenvalue weighted by Gasteiger charge is 2.25. The number of benzene rings is 1. The summed E-state index contributed by atoms with van der Waals surface area (Å²) >= 11 is 11.9. The van der Waals surface area contributed by atoms with E-state index in [4.69, 9.17) is 33.0 Å². The van der Waals surface area contributed by atoms with Gasteiger partial charge in [0.25, 0.3) is 5.91 Å². The molecule has 2 rings (SSSR count). The summed E-state index contributed by atoms with van der Waals surface area (Å²) in [5.41, 5.74) is 1.04.